The molecule has 1 aromatic carbocycles. The highest BCUT2D eigenvalue weighted by molar-refractivity contribution is 7.80. The number of aliphatic carboxylic acids is 1. The van der Waals surface area contributed by atoms with Crippen LogP contribution in [0.3, 0.4) is 0 Å². The molecule has 1 aromatic heterocycles. The third-order valence-corrected chi connectivity index (χ3v) is 5.47. The largest absolute Gasteiger partial charge is 0.480 e. The third kappa shape index (κ3) is 8.70. The number of aliphatic hydroxyl groups excluding tert-OH is 1. The molecule has 2 aromatic rings. The summed E-state index contributed by atoms with van der Waals surface area (Å²) in [5.41, 5.74) is 7.44. The number of nitrogens with one attached hydrogen (secondary N) is 4. The molecule has 2 rings (SSSR count). The molecule has 0 bridgehead atoms. The van der Waals surface area contributed by atoms with Crippen LogP contribution in [0.15, 0.2) is 42.9 Å². The molecule has 5 unspecified atom stereocenters. The lowest BCUT2D eigenvalue weighted by Crippen LogP contribution is -2.59. The van der Waals surface area contributed by atoms with Crippen LogP contribution in [0, 0.1) is 0 Å². The molecule has 5 atom stereocenters. The Labute approximate surface area is 207 Å². The number of carboxylic acid groups (broad SMARTS) is 1. The zero-order valence-corrected chi connectivity index (χ0v) is 19.9. The predicted molar refractivity (Wildman–Crippen MR) is 129 cm³/mol. The summed E-state index contributed by atoms with van der Waals surface area (Å²) in [6.07, 6.45) is 1.81. The summed E-state index contributed by atoms with van der Waals surface area (Å²) in [6.45, 7) is 1.21. The summed E-state index contributed by atoms with van der Waals surface area (Å²) in [7, 11) is 0. The van der Waals surface area contributed by atoms with Crippen LogP contribution in [0.25, 0.3) is 0 Å². The van der Waals surface area contributed by atoms with E-state index in [9.17, 15) is 24.3 Å². The minimum absolute atomic E-state index is 0.0297. The number of hydrogen-bond donors (Lipinski definition) is 8. The van der Waals surface area contributed by atoms with E-state index in [1.807, 2.05) is 30.3 Å². The van der Waals surface area contributed by atoms with Crippen molar-refractivity contribution in [3.05, 3.63) is 54.1 Å². The summed E-state index contributed by atoms with van der Waals surface area (Å²) >= 11 is 4.06. The summed E-state index contributed by atoms with van der Waals surface area (Å²) < 4.78 is 0. The first-order valence-electron chi connectivity index (χ1n) is 10.8. The molecule has 8 N–H and O–H groups in total. The van der Waals surface area contributed by atoms with Gasteiger partial charge in [0.15, 0.2) is 6.04 Å². The van der Waals surface area contributed by atoms with Crippen LogP contribution in [0.1, 0.15) is 18.2 Å². The highest BCUT2D eigenvalue weighted by atomic mass is 32.1. The van der Waals surface area contributed by atoms with Crippen LogP contribution in [-0.2, 0) is 32.0 Å². The van der Waals surface area contributed by atoms with Gasteiger partial charge in [-0.1, -0.05) is 30.3 Å². The van der Waals surface area contributed by atoms with E-state index < -0.39 is 54.0 Å². The lowest BCUT2D eigenvalue weighted by Gasteiger charge is -2.25. The van der Waals surface area contributed by atoms with E-state index in [2.05, 4.69) is 38.5 Å². The van der Waals surface area contributed by atoms with Gasteiger partial charge in [0, 0.05) is 24.1 Å². The number of rotatable bonds is 13. The Balaban J connectivity index is 2.10. The molecule has 0 saturated heterocycles. The Kier molecular flexibility index (Phi) is 10.7. The maximum absolute atomic E-state index is 13.0. The fourth-order valence-corrected chi connectivity index (χ4v) is 3.43. The number of H-pyrrole nitrogens is 1. The summed E-state index contributed by atoms with van der Waals surface area (Å²) in [6, 6.07) is 4.29. The highest BCUT2D eigenvalue weighted by Crippen LogP contribution is 2.05. The zero-order valence-electron chi connectivity index (χ0n) is 19.0. The molecule has 0 aliphatic heterocycles. The van der Waals surface area contributed by atoms with Crippen LogP contribution in [0.5, 0.6) is 0 Å². The number of thiol groups is 1. The Morgan fingerprint density at radius 3 is 2.20 bits per heavy atom. The number of benzene rings is 1. The summed E-state index contributed by atoms with van der Waals surface area (Å²) in [4.78, 5) is 56.3. The van der Waals surface area contributed by atoms with E-state index in [1.54, 1.807) is 0 Å². The molecule has 0 saturated carbocycles. The van der Waals surface area contributed by atoms with Crippen molar-refractivity contribution in [2.75, 3.05) is 5.75 Å². The molecule has 190 valence electrons. The van der Waals surface area contributed by atoms with Crippen LogP contribution < -0.4 is 21.7 Å². The molecule has 1 heterocycles. The Hall–Kier alpha value is -3.42. The van der Waals surface area contributed by atoms with Gasteiger partial charge in [-0.15, -0.1) is 0 Å². The monoisotopic (exact) mass is 506 g/mol. The van der Waals surface area contributed by atoms with Crippen LogP contribution in [0.2, 0.25) is 0 Å². The Morgan fingerprint density at radius 2 is 1.66 bits per heavy atom. The molecular weight excluding hydrogens is 476 g/mol. The van der Waals surface area contributed by atoms with Crippen molar-refractivity contribution in [1.82, 2.24) is 25.9 Å². The van der Waals surface area contributed by atoms with Crippen LogP contribution >= 0.6 is 12.6 Å². The van der Waals surface area contributed by atoms with Gasteiger partial charge in [0.05, 0.1) is 18.5 Å². The van der Waals surface area contributed by atoms with Gasteiger partial charge in [-0.2, -0.15) is 12.6 Å². The van der Waals surface area contributed by atoms with Crippen molar-refractivity contribution in [2.24, 2.45) is 5.73 Å². The minimum atomic E-state index is -1.57. The second kappa shape index (κ2) is 13.5. The van der Waals surface area contributed by atoms with Gasteiger partial charge in [0.1, 0.15) is 12.1 Å². The second-order valence-electron chi connectivity index (χ2n) is 7.95. The smallest absolute Gasteiger partial charge is 0.328 e. The number of imidazole rings is 1. The molecular formula is C22H30N6O6S. The van der Waals surface area contributed by atoms with Crippen molar-refractivity contribution < 1.29 is 29.4 Å². The van der Waals surface area contributed by atoms with Gasteiger partial charge in [-0.3, -0.25) is 14.4 Å². The fraction of sp³-hybridized carbons (Fsp3) is 0.409. The molecule has 0 aliphatic carbocycles. The lowest BCUT2D eigenvalue weighted by molar-refractivity contribution is -0.145. The van der Waals surface area contributed by atoms with Gasteiger partial charge in [0.25, 0.3) is 0 Å². The second-order valence-corrected chi connectivity index (χ2v) is 8.31. The summed E-state index contributed by atoms with van der Waals surface area (Å²) in [5, 5.41) is 26.0. The number of amides is 3. The zero-order chi connectivity index (χ0) is 26.0. The van der Waals surface area contributed by atoms with E-state index in [-0.39, 0.29) is 18.6 Å². The van der Waals surface area contributed by atoms with E-state index in [0.717, 1.165) is 5.56 Å². The molecule has 0 aliphatic rings. The first-order valence-corrected chi connectivity index (χ1v) is 11.4. The van der Waals surface area contributed by atoms with Crippen molar-refractivity contribution in [1.29, 1.82) is 0 Å². The standard InChI is InChI=1S/C22H30N6O6S/c1-12(29)18(22(33)34)28-21(32)17(10-35)27-20(31)16(8-14-9-24-11-25-14)26-19(30)15(23)7-13-5-3-2-4-6-13/h2-6,9,11-12,15-18,29,35H,7-8,10,23H2,1H3,(H,24,25)(H,26,30)(H,27,31)(H,28,32)(H,33,34). The first-order chi connectivity index (χ1) is 16.6. The number of carboxylic acids is 1. The number of hydrogen-bond acceptors (Lipinski definition) is 8. The van der Waals surface area contributed by atoms with Crippen LogP contribution in [0.4, 0.5) is 0 Å². The van der Waals surface area contributed by atoms with E-state index in [0.29, 0.717) is 5.69 Å². The third-order valence-electron chi connectivity index (χ3n) is 5.11. The molecule has 0 fully saturated rings. The Bertz CT molecular complexity index is 988. The van der Waals surface area contributed by atoms with Gasteiger partial charge in [-0.25, -0.2) is 9.78 Å². The average Bonchev–Trinajstić information content (AvgIpc) is 3.33. The Morgan fingerprint density at radius 1 is 1.03 bits per heavy atom. The molecule has 0 radical (unpaired) electrons. The SMILES string of the molecule is CC(O)C(NC(=O)C(CS)NC(=O)C(Cc1cnc[nH]1)NC(=O)C(N)Cc1ccccc1)C(=O)O. The van der Waals surface area contributed by atoms with Crippen molar-refractivity contribution in [2.45, 2.75) is 50.0 Å². The van der Waals surface area contributed by atoms with Gasteiger partial charge < -0.3 is 36.9 Å². The number of nitrogens with zero attached hydrogens (tertiary/aromatic N) is 1. The minimum Gasteiger partial charge on any atom is -0.480 e. The van der Waals surface area contributed by atoms with Gasteiger partial charge in [-0.05, 0) is 18.9 Å². The number of carbonyl (C=O) groups is 4. The first kappa shape index (κ1) is 27.8. The van der Waals surface area contributed by atoms with Crippen molar-refractivity contribution >= 4 is 36.3 Å². The fourth-order valence-electron chi connectivity index (χ4n) is 3.17. The van der Waals surface area contributed by atoms with E-state index in [4.69, 9.17) is 10.8 Å². The number of aliphatic hydroxyl groups is 1. The quantitative estimate of drug-likeness (QED) is 0.148. The average molecular weight is 507 g/mol. The van der Waals surface area contributed by atoms with Gasteiger partial charge in [0.2, 0.25) is 17.7 Å². The molecule has 12 nitrogen and oxygen atoms in total. The summed E-state index contributed by atoms with van der Waals surface area (Å²) in [5.74, 6) is -3.73. The maximum Gasteiger partial charge on any atom is 0.328 e. The maximum atomic E-state index is 13.0. The molecule has 35 heavy (non-hydrogen) atoms. The van der Waals surface area contributed by atoms with E-state index in [1.165, 1.54) is 19.4 Å². The number of carbonyl (C=O) groups excluding carboxylic acids is 3. The number of aromatic nitrogens is 2. The predicted octanol–water partition coefficient (Wildman–Crippen LogP) is -1.63. The van der Waals surface area contributed by atoms with Gasteiger partial charge >= 0.3 is 5.97 Å². The molecule has 0 spiro atoms. The van der Waals surface area contributed by atoms with Crippen molar-refractivity contribution in [3.8, 4) is 0 Å². The molecule has 3 amide bonds. The molecule has 13 heteroatoms. The van der Waals surface area contributed by atoms with Crippen molar-refractivity contribution in [3.63, 3.8) is 0 Å². The normalized spacial score (nSPS) is 15.2. The van der Waals surface area contributed by atoms with E-state index >= 15 is 0 Å². The number of aromatic amines is 1. The number of nitrogens with two attached hydrogens (primary N) is 1. The highest BCUT2D eigenvalue weighted by Gasteiger charge is 2.31. The topological polar surface area (TPSA) is 200 Å². The lowest BCUT2D eigenvalue weighted by atomic mass is 10.0. The van der Waals surface area contributed by atoms with Crippen LogP contribution in [-0.4, -0.2) is 79.9 Å².